The summed E-state index contributed by atoms with van der Waals surface area (Å²) in [6.07, 6.45) is -0.0288. The second-order valence-corrected chi connectivity index (χ2v) is 23.5. The minimum absolute atomic E-state index is 0.0151. The van der Waals surface area contributed by atoms with Crippen LogP contribution in [0.15, 0.2) is 121 Å². The van der Waals surface area contributed by atoms with Crippen molar-refractivity contribution in [3.63, 3.8) is 0 Å². The Labute approximate surface area is 501 Å². The molecule has 19 heteroatoms. The molecule has 3 atom stereocenters. The third-order valence-corrected chi connectivity index (χ3v) is 17.9. The number of halogens is 1. The highest BCUT2D eigenvalue weighted by Gasteiger charge is 2.38. The molecule has 5 N–H and O–H groups in total. The van der Waals surface area contributed by atoms with Crippen LogP contribution in [0.2, 0.25) is 0 Å². The lowest BCUT2D eigenvalue weighted by Gasteiger charge is -2.31. The molecule has 4 heterocycles. The lowest BCUT2D eigenvalue weighted by atomic mass is 9.90. The molecule has 0 saturated carbocycles. The average Bonchev–Trinajstić information content (AvgIpc) is 2.09. The summed E-state index contributed by atoms with van der Waals surface area (Å²) in [6.45, 7) is 7.42. The van der Waals surface area contributed by atoms with E-state index in [1.165, 1.54) is 0 Å². The molecule has 0 spiro atoms. The number of ketones is 1. The first-order valence-electron chi connectivity index (χ1n) is 29.1. The maximum atomic E-state index is 14.7. The van der Waals surface area contributed by atoms with E-state index in [2.05, 4.69) is 48.6 Å². The molecule has 6 amide bonds. The minimum atomic E-state index is -0.926. The lowest BCUT2D eigenvalue weighted by molar-refractivity contribution is -0.148. The second kappa shape index (κ2) is 25.3. The summed E-state index contributed by atoms with van der Waals surface area (Å²) in [5, 5.41) is 8.65. The zero-order valence-electron chi connectivity index (χ0n) is 47.9. The first-order chi connectivity index (χ1) is 41.1. The number of hydrogen-bond donors (Lipinski definition) is 4. The van der Waals surface area contributed by atoms with Crippen LogP contribution in [0.1, 0.15) is 88.8 Å². The summed E-state index contributed by atoms with van der Waals surface area (Å²) >= 11 is 3.71. The summed E-state index contributed by atoms with van der Waals surface area (Å²) in [4.78, 5) is 105. The van der Waals surface area contributed by atoms with E-state index in [-0.39, 0.29) is 68.5 Å². The number of amides is 6. The van der Waals surface area contributed by atoms with Crippen molar-refractivity contribution in [2.45, 2.75) is 70.4 Å². The highest BCUT2D eigenvalue weighted by atomic mass is 79.9. The number of benzene rings is 6. The Balaban J connectivity index is 0.710. The van der Waals surface area contributed by atoms with Crippen LogP contribution in [0, 0.1) is 11.8 Å². The molecule has 1 aliphatic carbocycles. The lowest BCUT2D eigenvalue weighted by Crippen LogP contribution is -2.48. The van der Waals surface area contributed by atoms with Crippen LogP contribution in [-0.4, -0.2) is 127 Å². The highest BCUT2D eigenvalue weighted by Crippen LogP contribution is 2.48. The molecule has 11 rings (SSSR count). The van der Waals surface area contributed by atoms with E-state index in [4.69, 9.17) is 19.9 Å². The quantitative estimate of drug-likeness (QED) is 0.0339. The first kappa shape index (κ1) is 58.2. The Kier molecular flexibility index (Phi) is 17.4. The Morgan fingerprint density at radius 1 is 0.741 bits per heavy atom. The number of Topliss-reactive ketones (excluding diaryl/α,β-unsaturated/α-hetero) is 1. The number of primary amides is 1. The number of H-pyrrole nitrogens is 1. The number of carbonyl (C=O) groups excluding carboxylic acids is 7. The number of likely N-dealkylation sites (N-methyl/N-ethyl adjacent to an activating group) is 1. The topological polar surface area (TPSA) is 226 Å². The van der Waals surface area contributed by atoms with E-state index >= 15 is 0 Å². The van der Waals surface area contributed by atoms with Gasteiger partial charge >= 0.3 is 24.2 Å². The highest BCUT2D eigenvalue weighted by molar-refractivity contribution is 9.09. The maximum Gasteiger partial charge on any atom is 0.415 e. The third kappa shape index (κ3) is 12.4. The zero-order valence-corrected chi connectivity index (χ0v) is 49.5. The molecule has 1 aromatic heterocycles. The van der Waals surface area contributed by atoms with E-state index in [9.17, 15) is 33.6 Å². The maximum absolute atomic E-state index is 14.7. The van der Waals surface area contributed by atoms with Crippen molar-refractivity contribution in [3.05, 3.63) is 160 Å². The zero-order chi connectivity index (χ0) is 59.5. The van der Waals surface area contributed by atoms with Gasteiger partial charge in [0.25, 0.3) is 5.91 Å². The molecule has 7 aromatic rings. The monoisotopic (exact) mass is 1210 g/mol. The number of alkyl halides is 1. The Morgan fingerprint density at radius 2 is 1.42 bits per heavy atom. The smallest absolute Gasteiger partial charge is 0.415 e. The summed E-state index contributed by atoms with van der Waals surface area (Å²) in [6, 6.07) is 36.9. The number of esters is 1. The molecule has 3 aliphatic heterocycles. The number of rotatable bonds is 19. The minimum Gasteiger partial charge on any atom is -0.465 e. The fraction of sp³-hybridized carbons (Fsp3) is 0.348. The molecule has 1 saturated heterocycles. The molecule has 85 heavy (non-hydrogen) atoms. The number of fused-ring (bicyclic) bond motifs is 9. The Bertz CT molecular complexity index is 3680. The predicted octanol–water partition coefficient (Wildman–Crippen LogP) is 9.97. The SMILES string of the molecule is CC(C)[C@H](CC(=O)OCC1c2ccccc2-c2ccccc21)C(=O)N[C@@H](CCCNC(N)=O)C(=O)Cc1ccc(COC(=O)N2CCc3c2ccc2[nH]c(C(=O)N4C[C@@H](CBr)c5c4cc(OC(=O)N4CCN(C)CC4)c4ccccc54)cc32)cc1. The molecule has 1 fully saturated rings. The number of piperazine rings is 1. The third-order valence-electron chi connectivity index (χ3n) is 17.1. The molecule has 4 aliphatic rings. The van der Waals surface area contributed by atoms with E-state index in [0.717, 1.165) is 68.1 Å². The average molecular weight is 1210 g/mol. The normalized spacial score (nSPS) is 16.2. The number of carbonyl (C=O) groups is 7. The van der Waals surface area contributed by atoms with Crippen LogP contribution in [0.5, 0.6) is 5.75 Å². The molecule has 440 valence electrons. The van der Waals surface area contributed by atoms with Gasteiger partial charge in [-0.15, -0.1) is 0 Å². The standard InChI is InChI=1S/C66H69BrN8O10/c1-39(2)50(33-60(77)83-38-52-45-13-6-4-11-43(45)44-12-5-7-14-46(44)52)62(78)71-54(17-10-25-69-64(68)80)58(76)31-40-18-20-41(21-19-40)37-84-66(82)74-26-24-47-51-32-55(70-53(51)22-23-56(47)74)63(79)75-36-42(35-67)61-49-16-9-8-15-48(49)59(34-57(61)75)85-65(81)73-29-27-72(3)28-30-73/h4-9,11-16,18-23,32,34,39,42,50,52,54,70H,10,17,24-31,33,35-38H2,1-3H3,(H,71,78)(H3,68,69,80)/t42-,50+,54+/m1/s1. The van der Waals surface area contributed by atoms with Gasteiger partial charge in [-0.3, -0.25) is 24.1 Å². The van der Waals surface area contributed by atoms with E-state index in [1.807, 2.05) is 106 Å². The van der Waals surface area contributed by atoms with Crippen LogP contribution >= 0.6 is 15.9 Å². The largest absolute Gasteiger partial charge is 0.465 e. The van der Waals surface area contributed by atoms with E-state index < -0.39 is 42.1 Å². The number of nitrogens with two attached hydrogens (primary N) is 1. The summed E-state index contributed by atoms with van der Waals surface area (Å²) in [5.41, 5.74) is 15.5. The number of urea groups is 1. The van der Waals surface area contributed by atoms with Gasteiger partial charge in [0, 0.05) is 91.8 Å². The van der Waals surface area contributed by atoms with Gasteiger partial charge in [-0.1, -0.05) is 127 Å². The predicted molar refractivity (Wildman–Crippen MR) is 328 cm³/mol. The summed E-state index contributed by atoms with van der Waals surface area (Å²) < 4.78 is 17.8. The summed E-state index contributed by atoms with van der Waals surface area (Å²) in [7, 11) is 2.03. The van der Waals surface area contributed by atoms with Crippen molar-refractivity contribution in [2.24, 2.45) is 17.6 Å². The summed E-state index contributed by atoms with van der Waals surface area (Å²) in [5.74, 6) is -2.22. The second-order valence-electron chi connectivity index (χ2n) is 22.9. The van der Waals surface area contributed by atoms with Crippen molar-refractivity contribution in [3.8, 4) is 16.9 Å². The van der Waals surface area contributed by atoms with Gasteiger partial charge in [0.15, 0.2) is 5.78 Å². The van der Waals surface area contributed by atoms with Crippen molar-refractivity contribution in [2.75, 3.05) is 74.6 Å². The van der Waals surface area contributed by atoms with Gasteiger partial charge in [-0.05, 0) is 100 Å². The van der Waals surface area contributed by atoms with Crippen molar-refractivity contribution >= 4 is 90.8 Å². The van der Waals surface area contributed by atoms with Gasteiger partial charge < -0.3 is 50.3 Å². The molecule has 0 radical (unpaired) electrons. The Morgan fingerprint density at radius 3 is 2.12 bits per heavy atom. The Hall–Kier alpha value is -8.55. The van der Waals surface area contributed by atoms with E-state index in [1.54, 1.807) is 39.0 Å². The van der Waals surface area contributed by atoms with Crippen molar-refractivity contribution in [1.82, 2.24) is 25.4 Å². The van der Waals surface area contributed by atoms with Gasteiger partial charge in [0.05, 0.1) is 29.8 Å². The van der Waals surface area contributed by atoms with Crippen LogP contribution in [-0.2, 0) is 43.3 Å². The van der Waals surface area contributed by atoms with Crippen LogP contribution in [0.4, 0.5) is 25.8 Å². The molecule has 18 nitrogen and oxygen atoms in total. The van der Waals surface area contributed by atoms with Gasteiger partial charge in [-0.2, -0.15) is 0 Å². The number of ether oxygens (including phenoxy) is 3. The number of anilines is 2. The van der Waals surface area contributed by atoms with Gasteiger partial charge in [0.2, 0.25) is 5.91 Å². The number of hydrogen-bond acceptors (Lipinski definition) is 11. The molecule has 6 aromatic carbocycles. The van der Waals surface area contributed by atoms with Gasteiger partial charge in [0.1, 0.15) is 24.7 Å². The van der Waals surface area contributed by atoms with Crippen LogP contribution in [0.25, 0.3) is 32.8 Å². The number of aromatic nitrogens is 1. The molecule has 0 unspecified atom stereocenters. The fourth-order valence-corrected chi connectivity index (χ4v) is 13.0. The first-order valence-corrected chi connectivity index (χ1v) is 30.2. The van der Waals surface area contributed by atoms with Crippen LogP contribution < -0.4 is 30.9 Å². The van der Waals surface area contributed by atoms with E-state index in [0.29, 0.717) is 78.3 Å². The number of aromatic amines is 1. The van der Waals surface area contributed by atoms with Crippen molar-refractivity contribution in [1.29, 1.82) is 0 Å². The van der Waals surface area contributed by atoms with Crippen LogP contribution in [0.3, 0.4) is 0 Å². The van der Waals surface area contributed by atoms with Gasteiger partial charge in [-0.25, -0.2) is 14.4 Å². The fourth-order valence-electron chi connectivity index (χ4n) is 12.4. The molecular weight excluding hydrogens is 1140 g/mol. The molecular formula is C66H69BrN8O10. The number of nitrogens with one attached hydrogen (secondary N) is 3. The number of nitrogens with zero attached hydrogens (tertiary/aromatic N) is 4. The van der Waals surface area contributed by atoms with Crippen molar-refractivity contribution < 1.29 is 47.8 Å². The molecule has 0 bridgehead atoms.